The van der Waals surface area contributed by atoms with Gasteiger partial charge in [-0.3, -0.25) is 10.1 Å². The van der Waals surface area contributed by atoms with E-state index in [9.17, 15) is 5.26 Å². The van der Waals surface area contributed by atoms with E-state index in [1.54, 1.807) is 19.5 Å². The van der Waals surface area contributed by atoms with Crippen molar-refractivity contribution >= 4 is 16.6 Å². The Bertz CT molecular complexity index is 1220. The van der Waals surface area contributed by atoms with E-state index in [-0.39, 0.29) is 6.04 Å². The van der Waals surface area contributed by atoms with Gasteiger partial charge >= 0.3 is 0 Å². The molecule has 1 aliphatic rings. The monoisotopic (exact) mass is 386 g/mol. The molecule has 3 aromatic heterocycles. The first-order chi connectivity index (χ1) is 14.3. The minimum Gasteiger partial charge on any atom is -0.495 e. The molecular weight excluding hydrogens is 368 g/mol. The fourth-order valence-corrected chi connectivity index (χ4v) is 3.99. The smallest absolute Gasteiger partial charge is 0.181 e. The van der Waals surface area contributed by atoms with Crippen LogP contribution in [0.4, 0.5) is 5.69 Å². The number of pyridine rings is 1. The van der Waals surface area contributed by atoms with Gasteiger partial charge in [-0.25, -0.2) is 4.98 Å². The summed E-state index contributed by atoms with van der Waals surface area (Å²) in [5, 5.41) is 21.3. The molecule has 1 atom stereocenters. The topological polar surface area (TPSA) is 113 Å². The lowest BCUT2D eigenvalue weighted by atomic mass is 9.90. The van der Waals surface area contributed by atoms with Crippen molar-refractivity contribution in [1.82, 2.24) is 20.2 Å². The predicted octanol–water partition coefficient (Wildman–Crippen LogP) is 3.98. The van der Waals surface area contributed by atoms with Crippen molar-refractivity contribution in [3.8, 4) is 23.3 Å². The zero-order chi connectivity index (χ0) is 19.8. The van der Waals surface area contributed by atoms with Gasteiger partial charge in [-0.2, -0.15) is 10.4 Å². The molecule has 0 amide bonds. The number of hydrogen-bond acceptors (Lipinski definition) is 7. The maximum absolute atomic E-state index is 9.33. The van der Waals surface area contributed by atoms with Gasteiger partial charge in [0.2, 0.25) is 0 Å². The number of nitriles is 1. The molecule has 0 spiro atoms. The molecule has 0 saturated heterocycles. The van der Waals surface area contributed by atoms with Crippen molar-refractivity contribution < 1.29 is 9.15 Å². The van der Waals surface area contributed by atoms with Crippen molar-refractivity contribution in [2.24, 2.45) is 0 Å². The molecule has 4 aromatic rings. The first-order valence-electron chi connectivity index (χ1n) is 9.38. The summed E-state index contributed by atoms with van der Waals surface area (Å²) in [5.41, 5.74) is 5.04. The number of oxazole rings is 1. The number of fused-ring (bicyclic) bond motifs is 2. The van der Waals surface area contributed by atoms with Crippen LogP contribution in [0.1, 0.15) is 35.7 Å². The summed E-state index contributed by atoms with van der Waals surface area (Å²) in [6.45, 7) is 0. The van der Waals surface area contributed by atoms with Crippen LogP contribution in [-0.4, -0.2) is 27.3 Å². The van der Waals surface area contributed by atoms with Gasteiger partial charge in [-0.05, 0) is 37.5 Å². The Kier molecular flexibility index (Phi) is 4.13. The maximum atomic E-state index is 9.33. The lowest BCUT2D eigenvalue weighted by molar-refractivity contribution is 0.401. The van der Waals surface area contributed by atoms with Crippen molar-refractivity contribution in [1.29, 1.82) is 5.26 Å². The van der Waals surface area contributed by atoms with Crippen LogP contribution in [0.15, 0.2) is 41.4 Å². The standard InChI is InChI=1S/C21H18N6O2/c1-28-21-12(8-22)9-24-19-14(21)3-2-4-17(19)25-13-5-6-16-15(7-13)20(27-26-16)18-10-23-11-29-18/h5-7,9-11,17,25H,2-4H2,1H3,(H,26,27)/t17-/m1/s1. The van der Waals surface area contributed by atoms with Crippen molar-refractivity contribution in [3.63, 3.8) is 0 Å². The van der Waals surface area contributed by atoms with Crippen molar-refractivity contribution in [3.05, 3.63) is 53.8 Å². The average Bonchev–Trinajstić information content (AvgIpc) is 3.42. The SMILES string of the molecule is COc1c(C#N)cnc2c1CCC[C@H]2Nc1ccc2[nH]nc(-c3cnco3)c2c1. The Balaban J connectivity index is 1.51. The third kappa shape index (κ3) is 2.88. The van der Waals surface area contributed by atoms with Gasteiger partial charge in [-0.15, -0.1) is 0 Å². The number of aromatic amines is 1. The number of anilines is 1. The highest BCUT2D eigenvalue weighted by atomic mass is 16.5. The molecule has 1 aliphatic carbocycles. The van der Waals surface area contributed by atoms with Crippen molar-refractivity contribution in [2.45, 2.75) is 25.3 Å². The largest absolute Gasteiger partial charge is 0.495 e. The summed E-state index contributed by atoms with van der Waals surface area (Å²) in [4.78, 5) is 8.56. The fourth-order valence-electron chi connectivity index (χ4n) is 3.99. The van der Waals surface area contributed by atoms with Gasteiger partial charge in [0.05, 0.1) is 30.6 Å². The Hall–Kier alpha value is -3.86. The molecule has 0 unspecified atom stereocenters. The van der Waals surface area contributed by atoms with Gasteiger partial charge < -0.3 is 14.5 Å². The molecule has 0 radical (unpaired) electrons. The van der Waals surface area contributed by atoms with E-state index >= 15 is 0 Å². The van der Waals surface area contributed by atoms with Crippen LogP contribution >= 0.6 is 0 Å². The summed E-state index contributed by atoms with van der Waals surface area (Å²) >= 11 is 0. The number of rotatable bonds is 4. The van der Waals surface area contributed by atoms with Crippen LogP contribution in [0.5, 0.6) is 5.75 Å². The number of aromatic nitrogens is 4. The second-order valence-electron chi connectivity index (χ2n) is 6.97. The van der Waals surface area contributed by atoms with E-state index in [0.29, 0.717) is 17.1 Å². The third-order valence-corrected chi connectivity index (χ3v) is 5.30. The average molecular weight is 386 g/mol. The zero-order valence-corrected chi connectivity index (χ0v) is 15.8. The van der Waals surface area contributed by atoms with Crippen LogP contribution in [0.25, 0.3) is 22.4 Å². The van der Waals surface area contributed by atoms with Crippen LogP contribution in [0, 0.1) is 11.3 Å². The van der Waals surface area contributed by atoms with Crippen LogP contribution in [0.3, 0.4) is 0 Å². The number of nitrogens with one attached hydrogen (secondary N) is 2. The molecule has 1 aromatic carbocycles. The first kappa shape index (κ1) is 17.3. The summed E-state index contributed by atoms with van der Waals surface area (Å²) in [7, 11) is 1.60. The molecule has 0 bridgehead atoms. The van der Waals surface area contributed by atoms with Crippen LogP contribution in [-0.2, 0) is 6.42 Å². The van der Waals surface area contributed by atoms with E-state index in [0.717, 1.165) is 52.8 Å². The Morgan fingerprint density at radius 2 is 2.28 bits per heavy atom. The fraction of sp³-hybridized carbons (Fsp3) is 0.238. The molecule has 0 aliphatic heterocycles. The number of methoxy groups -OCH3 is 1. The number of H-pyrrole nitrogens is 1. The van der Waals surface area contributed by atoms with Gasteiger partial charge in [0.25, 0.3) is 0 Å². The first-order valence-corrected chi connectivity index (χ1v) is 9.38. The molecule has 8 heteroatoms. The van der Waals surface area contributed by atoms with Gasteiger partial charge in [0.1, 0.15) is 23.1 Å². The Morgan fingerprint density at radius 1 is 1.34 bits per heavy atom. The Morgan fingerprint density at radius 3 is 3.07 bits per heavy atom. The van der Waals surface area contributed by atoms with Gasteiger partial charge in [-0.1, -0.05) is 0 Å². The second kappa shape index (κ2) is 6.95. The molecule has 2 N–H and O–H groups in total. The molecule has 0 fully saturated rings. The molecule has 5 rings (SSSR count). The zero-order valence-electron chi connectivity index (χ0n) is 15.8. The highest BCUT2D eigenvalue weighted by molar-refractivity contribution is 5.93. The van der Waals surface area contributed by atoms with E-state index < -0.39 is 0 Å². The van der Waals surface area contributed by atoms with Crippen LogP contribution < -0.4 is 10.1 Å². The summed E-state index contributed by atoms with van der Waals surface area (Å²) < 4.78 is 10.9. The molecule has 0 saturated carbocycles. The predicted molar refractivity (Wildman–Crippen MR) is 106 cm³/mol. The number of nitrogens with zero attached hydrogens (tertiary/aromatic N) is 4. The van der Waals surface area contributed by atoms with Crippen LogP contribution in [0.2, 0.25) is 0 Å². The minimum atomic E-state index is 0.0403. The summed E-state index contributed by atoms with van der Waals surface area (Å²) in [6, 6.07) is 8.25. The lowest BCUT2D eigenvalue weighted by Crippen LogP contribution is -2.20. The minimum absolute atomic E-state index is 0.0403. The van der Waals surface area contributed by atoms with E-state index in [2.05, 4.69) is 31.6 Å². The summed E-state index contributed by atoms with van der Waals surface area (Å²) in [6.07, 6.45) is 7.44. The maximum Gasteiger partial charge on any atom is 0.181 e. The molecule has 29 heavy (non-hydrogen) atoms. The molecule has 8 nitrogen and oxygen atoms in total. The van der Waals surface area contributed by atoms with Gasteiger partial charge in [0.15, 0.2) is 12.2 Å². The van der Waals surface area contributed by atoms with E-state index in [1.807, 2.05) is 18.2 Å². The highest BCUT2D eigenvalue weighted by Crippen LogP contribution is 2.38. The number of ether oxygens (including phenoxy) is 1. The summed E-state index contributed by atoms with van der Waals surface area (Å²) in [5.74, 6) is 1.26. The Labute approximate surface area is 166 Å². The highest BCUT2D eigenvalue weighted by Gasteiger charge is 2.26. The second-order valence-corrected chi connectivity index (χ2v) is 6.97. The van der Waals surface area contributed by atoms with Gasteiger partial charge in [0, 0.05) is 22.8 Å². The molecule has 3 heterocycles. The normalized spacial score (nSPS) is 15.7. The number of hydrogen-bond donors (Lipinski definition) is 2. The molecular formula is C21H18N6O2. The quantitative estimate of drug-likeness (QED) is 0.545. The van der Waals surface area contributed by atoms with Crippen molar-refractivity contribution in [2.75, 3.05) is 12.4 Å². The third-order valence-electron chi connectivity index (χ3n) is 5.30. The lowest BCUT2D eigenvalue weighted by Gasteiger charge is -2.27. The van der Waals surface area contributed by atoms with E-state index in [1.165, 1.54) is 6.39 Å². The molecule has 144 valence electrons. The number of benzene rings is 1. The van der Waals surface area contributed by atoms with E-state index in [4.69, 9.17) is 9.15 Å².